The molecule has 0 saturated carbocycles. The van der Waals surface area contributed by atoms with Crippen LogP contribution < -0.4 is 5.32 Å². The van der Waals surface area contributed by atoms with Gasteiger partial charge in [-0.1, -0.05) is 0 Å². The van der Waals surface area contributed by atoms with Gasteiger partial charge in [0.05, 0.1) is 6.54 Å². The van der Waals surface area contributed by atoms with Crippen LogP contribution in [0.25, 0.3) is 0 Å². The van der Waals surface area contributed by atoms with Gasteiger partial charge in [0, 0.05) is 18.4 Å². The van der Waals surface area contributed by atoms with E-state index in [1.54, 1.807) is 18.3 Å². The van der Waals surface area contributed by atoms with Crippen LogP contribution in [0.1, 0.15) is 5.69 Å². The number of aromatic amines is 1. The fourth-order valence-electron chi connectivity index (χ4n) is 0.913. The molecule has 3 nitrogen and oxygen atoms in total. The molecule has 1 aromatic rings. The average Bonchev–Trinajstić information content (AvgIpc) is 2.57. The van der Waals surface area contributed by atoms with E-state index in [4.69, 9.17) is 5.11 Å². The molecule has 1 heterocycles. The molecule has 1 rings (SSSR count). The quantitative estimate of drug-likeness (QED) is 0.641. The van der Waals surface area contributed by atoms with Crippen molar-refractivity contribution in [2.45, 2.75) is 12.5 Å². The second-order valence-electron chi connectivity index (χ2n) is 2.81. The third-order valence-corrected chi connectivity index (χ3v) is 1.59. The highest BCUT2D eigenvalue weighted by molar-refractivity contribution is 5.02. The molecule has 0 radical (unpaired) electrons. The van der Waals surface area contributed by atoms with Gasteiger partial charge in [-0.15, -0.1) is 0 Å². The first-order valence-electron chi connectivity index (χ1n) is 3.96. The molecule has 5 heteroatoms. The highest BCUT2D eigenvalue weighted by atomic mass is 19.3. The lowest BCUT2D eigenvalue weighted by Crippen LogP contribution is -2.35. The average molecular weight is 190 g/mol. The van der Waals surface area contributed by atoms with Gasteiger partial charge in [-0.05, 0) is 12.1 Å². The maximum atomic E-state index is 12.5. The number of hydrogen-bond acceptors (Lipinski definition) is 2. The van der Waals surface area contributed by atoms with E-state index in [1.807, 2.05) is 0 Å². The van der Waals surface area contributed by atoms with Crippen LogP contribution in [0.3, 0.4) is 0 Å². The number of hydrogen-bond donors (Lipinski definition) is 3. The van der Waals surface area contributed by atoms with Crippen molar-refractivity contribution in [1.29, 1.82) is 0 Å². The summed E-state index contributed by atoms with van der Waals surface area (Å²) in [4.78, 5) is 2.87. The summed E-state index contributed by atoms with van der Waals surface area (Å²) >= 11 is 0. The van der Waals surface area contributed by atoms with Crippen LogP contribution in [-0.2, 0) is 6.54 Å². The lowest BCUT2D eigenvalue weighted by molar-refractivity contribution is -0.0478. The van der Waals surface area contributed by atoms with Crippen LogP contribution in [0.15, 0.2) is 18.3 Å². The Balaban J connectivity index is 2.21. The second-order valence-corrected chi connectivity index (χ2v) is 2.81. The van der Waals surface area contributed by atoms with Crippen LogP contribution in [0.4, 0.5) is 8.78 Å². The SMILES string of the molecule is OCC(F)(F)CNCc1ccc[nH]1. The Hall–Kier alpha value is -0.940. The fraction of sp³-hybridized carbons (Fsp3) is 0.500. The largest absolute Gasteiger partial charge is 0.390 e. The minimum absolute atomic E-state index is 0.350. The summed E-state index contributed by atoms with van der Waals surface area (Å²) in [5.74, 6) is -3.04. The summed E-state index contributed by atoms with van der Waals surface area (Å²) in [5.41, 5.74) is 0.841. The van der Waals surface area contributed by atoms with Gasteiger partial charge in [0.2, 0.25) is 0 Å². The number of aliphatic hydroxyl groups excluding tert-OH is 1. The van der Waals surface area contributed by atoms with E-state index in [0.717, 1.165) is 5.69 Å². The van der Waals surface area contributed by atoms with Crippen LogP contribution in [0.5, 0.6) is 0 Å². The van der Waals surface area contributed by atoms with E-state index in [-0.39, 0.29) is 0 Å². The fourth-order valence-corrected chi connectivity index (χ4v) is 0.913. The summed E-state index contributed by atoms with van der Waals surface area (Å²) < 4.78 is 24.9. The Bertz CT molecular complexity index is 236. The third kappa shape index (κ3) is 3.52. The number of H-pyrrole nitrogens is 1. The van der Waals surface area contributed by atoms with Crippen LogP contribution in [0, 0.1) is 0 Å². The van der Waals surface area contributed by atoms with E-state index >= 15 is 0 Å². The van der Waals surface area contributed by atoms with E-state index < -0.39 is 19.1 Å². The Kier molecular flexibility index (Phi) is 3.39. The predicted octanol–water partition coefficient (Wildman–Crippen LogP) is 0.732. The summed E-state index contributed by atoms with van der Waals surface area (Å²) in [5, 5.41) is 10.8. The molecular weight excluding hydrogens is 178 g/mol. The van der Waals surface area contributed by atoms with Gasteiger partial charge in [0.25, 0.3) is 5.92 Å². The van der Waals surface area contributed by atoms with Crippen molar-refractivity contribution in [3.8, 4) is 0 Å². The maximum Gasteiger partial charge on any atom is 0.282 e. The lowest BCUT2D eigenvalue weighted by atomic mass is 10.3. The van der Waals surface area contributed by atoms with Crippen LogP contribution in [-0.4, -0.2) is 29.2 Å². The van der Waals surface area contributed by atoms with Gasteiger partial charge in [-0.25, -0.2) is 8.78 Å². The molecule has 0 spiro atoms. The first kappa shape index (κ1) is 10.1. The van der Waals surface area contributed by atoms with Crippen molar-refractivity contribution in [2.75, 3.05) is 13.2 Å². The predicted molar refractivity (Wildman–Crippen MR) is 44.5 cm³/mol. The van der Waals surface area contributed by atoms with Gasteiger partial charge in [0.15, 0.2) is 0 Å². The van der Waals surface area contributed by atoms with Crippen LogP contribution in [0.2, 0.25) is 0 Å². The lowest BCUT2D eigenvalue weighted by Gasteiger charge is -2.13. The molecule has 0 aliphatic rings. The highest BCUT2D eigenvalue weighted by Crippen LogP contribution is 2.09. The molecule has 13 heavy (non-hydrogen) atoms. The van der Waals surface area contributed by atoms with Gasteiger partial charge >= 0.3 is 0 Å². The minimum Gasteiger partial charge on any atom is -0.390 e. The molecule has 0 atom stereocenters. The van der Waals surface area contributed by atoms with Gasteiger partial charge in [-0.3, -0.25) is 0 Å². The Morgan fingerprint density at radius 3 is 2.85 bits per heavy atom. The topological polar surface area (TPSA) is 48.0 Å². The number of halogens is 2. The monoisotopic (exact) mass is 190 g/mol. The molecule has 0 unspecified atom stereocenters. The number of aliphatic hydroxyl groups is 1. The van der Waals surface area contributed by atoms with Gasteiger partial charge in [0.1, 0.15) is 6.61 Å². The minimum atomic E-state index is -3.04. The Morgan fingerprint density at radius 2 is 2.31 bits per heavy atom. The molecule has 0 amide bonds. The summed E-state index contributed by atoms with van der Waals surface area (Å²) in [6.07, 6.45) is 1.72. The van der Waals surface area contributed by atoms with Crippen molar-refractivity contribution >= 4 is 0 Å². The second kappa shape index (κ2) is 4.34. The van der Waals surface area contributed by atoms with Crippen molar-refractivity contribution in [2.24, 2.45) is 0 Å². The van der Waals surface area contributed by atoms with Crippen LogP contribution >= 0.6 is 0 Å². The number of rotatable bonds is 5. The number of aromatic nitrogens is 1. The van der Waals surface area contributed by atoms with E-state index in [9.17, 15) is 8.78 Å². The molecule has 1 aromatic heterocycles. The smallest absolute Gasteiger partial charge is 0.282 e. The highest BCUT2D eigenvalue weighted by Gasteiger charge is 2.26. The summed E-state index contributed by atoms with van der Waals surface area (Å²) in [7, 11) is 0. The molecule has 0 bridgehead atoms. The zero-order chi connectivity index (χ0) is 9.73. The van der Waals surface area contributed by atoms with E-state index in [0.29, 0.717) is 6.54 Å². The standard InChI is InChI=1S/C8H12F2N2O/c9-8(10,6-13)5-11-4-7-2-1-3-12-7/h1-3,11-13H,4-6H2. The van der Waals surface area contributed by atoms with E-state index in [1.165, 1.54) is 0 Å². The summed E-state index contributed by atoms with van der Waals surface area (Å²) in [6.45, 7) is -1.28. The van der Waals surface area contributed by atoms with Crippen molar-refractivity contribution in [3.05, 3.63) is 24.0 Å². The molecule has 3 N–H and O–H groups in total. The number of nitrogens with one attached hydrogen (secondary N) is 2. The molecule has 0 aliphatic carbocycles. The Morgan fingerprint density at radius 1 is 1.54 bits per heavy atom. The van der Waals surface area contributed by atoms with Gasteiger partial charge < -0.3 is 15.4 Å². The first-order valence-corrected chi connectivity index (χ1v) is 3.96. The molecule has 0 fully saturated rings. The zero-order valence-electron chi connectivity index (χ0n) is 7.06. The van der Waals surface area contributed by atoms with Crippen molar-refractivity contribution in [3.63, 3.8) is 0 Å². The molecular formula is C8H12F2N2O. The van der Waals surface area contributed by atoms with Crippen molar-refractivity contribution < 1.29 is 13.9 Å². The first-order chi connectivity index (χ1) is 6.14. The molecule has 0 aromatic carbocycles. The van der Waals surface area contributed by atoms with Crippen molar-refractivity contribution in [1.82, 2.24) is 10.3 Å². The maximum absolute atomic E-state index is 12.5. The zero-order valence-corrected chi connectivity index (χ0v) is 7.06. The number of alkyl halides is 2. The summed E-state index contributed by atoms with van der Waals surface area (Å²) in [6, 6.07) is 3.59. The third-order valence-electron chi connectivity index (χ3n) is 1.59. The normalized spacial score (nSPS) is 11.9. The molecule has 0 saturated heterocycles. The van der Waals surface area contributed by atoms with E-state index in [2.05, 4.69) is 10.3 Å². The Labute approximate surface area is 74.8 Å². The van der Waals surface area contributed by atoms with Gasteiger partial charge in [-0.2, -0.15) is 0 Å². The molecule has 0 aliphatic heterocycles. The molecule has 74 valence electrons.